The number of ether oxygens (including phenoxy) is 1. The monoisotopic (exact) mass is 524 g/mol. The summed E-state index contributed by atoms with van der Waals surface area (Å²) in [6, 6.07) is 12.5. The van der Waals surface area contributed by atoms with Gasteiger partial charge in [0.25, 0.3) is 10.0 Å². The normalized spacial score (nSPS) is 12.1. The molecule has 0 atom stereocenters. The Bertz CT molecular complexity index is 1200. The van der Waals surface area contributed by atoms with Crippen molar-refractivity contribution in [1.29, 1.82) is 0 Å². The molecule has 3 aromatic rings. The van der Waals surface area contributed by atoms with Crippen LogP contribution < -0.4 is 9.46 Å². The van der Waals surface area contributed by atoms with Crippen molar-refractivity contribution in [3.05, 3.63) is 57.9 Å². The number of aromatic nitrogens is 1. The lowest BCUT2D eigenvalue weighted by molar-refractivity contribution is 0.414. The summed E-state index contributed by atoms with van der Waals surface area (Å²) in [6.45, 7) is 8.41. The molecule has 0 bridgehead atoms. The van der Waals surface area contributed by atoms with Crippen LogP contribution in [-0.2, 0) is 21.9 Å². The van der Waals surface area contributed by atoms with Gasteiger partial charge in [-0.1, -0.05) is 69.6 Å². The summed E-state index contributed by atoms with van der Waals surface area (Å²) in [5.74, 6) is 0.922. The maximum atomic E-state index is 13.1. The molecule has 0 radical (unpaired) electrons. The minimum atomic E-state index is -3.78. The number of methoxy groups -OCH3 is 1. The second-order valence-electron chi connectivity index (χ2n) is 8.67. The molecule has 1 heterocycles. The van der Waals surface area contributed by atoms with E-state index in [1.165, 1.54) is 23.3 Å². The van der Waals surface area contributed by atoms with Crippen molar-refractivity contribution in [2.45, 2.75) is 67.1 Å². The number of nitrogens with one attached hydrogen (secondary N) is 1. The summed E-state index contributed by atoms with van der Waals surface area (Å²) in [6.07, 6.45) is 2.88. The molecule has 178 valence electrons. The number of anilines is 1. The molecular formula is C24H29ClN2O3S3. The third-order valence-electron chi connectivity index (χ3n) is 5.08. The summed E-state index contributed by atoms with van der Waals surface area (Å²) < 4.78 is 38.8. The molecule has 0 spiro atoms. The number of nitrogens with zero attached hydrogens (tertiary/aromatic N) is 1. The number of hydrogen-bond acceptors (Lipinski definition) is 6. The predicted molar refractivity (Wildman–Crippen MR) is 139 cm³/mol. The highest BCUT2D eigenvalue weighted by Crippen LogP contribution is 2.41. The van der Waals surface area contributed by atoms with Gasteiger partial charge in [0.05, 0.1) is 21.9 Å². The Balaban J connectivity index is 1.93. The van der Waals surface area contributed by atoms with Gasteiger partial charge < -0.3 is 4.74 Å². The van der Waals surface area contributed by atoms with Gasteiger partial charge in [0.15, 0.2) is 5.82 Å². The summed E-state index contributed by atoms with van der Waals surface area (Å²) in [5, 5.41) is 0.524. The number of benzene rings is 2. The maximum Gasteiger partial charge on any atom is 0.263 e. The van der Waals surface area contributed by atoms with Crippen molar-refractivity contribution >= 4 is 50.7 Å². The predicted octanol–water partition coefficient (Wildman–Crippen LogP) is 7.40. The zero-order chi connectivity index (χ0) is 24.2. The van der Waals surface area contributed by atoms with Gasteiger partial charge in [0, 0.05) is 9.77 Å². The van der Waals surface area contributed by atoms with E-state index >= 15 is 0 Å². The van der Waals surface area contributed by atoms with Gasteiger partial charge >= 0.3 is 0 Å². The first-order chi connectivity index (χ1) is 15.5. The summed E-state index contributed by atoms with van der Waals surface area (Å²) in [7, 11) is -2.21. The lowest BCUT2D eigenvalue weighted by Crippen LogP contribution is -2.15. The van der Waals surface area contributed by atoms with E-state index in [1.807, 2.05) is 24.3 Å². The number of halogens is 1. The van der Waals surface area contributed by atoms with Gasteiger partial charge in [-0.3, -0.25) is 4.72 Å². The van der Waals surface area contributed by atoms with Crippen LogP contribution in [0.3, 0.4) is 0 Å². The average Bonchev–Trinajstić information content (AvgIpc) is 3.13. The van der Waals surface area contributed by atoms with E-state index in [0.717, 1.165) is 39.5 Å². The smallest absolute Gasteiger partial charge is 0.263 e. The molecule has 1 aromatic heterocycles. The molecule has 0 unspecified atom stereocenters. The summed E-state index contributed by atoms with van der Waals surface area (Å²) in [4.78, 5) is 2.97. The Morgan fingerprint density at radius 1 is 1.15 bits per heavy atom. The largest absolute Gasteiger partial charge is 0.495 e. The molecular weight excluding hydrogens is 496 g/mol. The van der Waals surface area contributed by atoms with E-state index in [-0.39, 0.29) is 10.3 Å². The van der Waals surface area contributed by atoms with Gasteiger partial charge in [0.2, 0.25) is 0 Å². The van der Waals surface area contributed by atoms with Crippen molar-refractivity contribution in [3.8, 4) is 5.75 Å². The fraction of sp³-hybridized carbons (Fsp3) is 0.375. The molecule has 2 aromatic carbocycles. The van der Waals surface area contributed by atoms with Crippen LogP contribution >= 0.6 is 34.9 Å². The zero-order valence-electron chi connectivity index (χ0n) is 19.4. The minimum absolute atomic E-state index is 0.0533. The van der Waals surface area contributed by atoms with Crippen molar-refractivity contribution < 1.29 is 13.2 Å². The lowest BCUT2D eigenvalue weighted by Gasteiger charge is -2.19. The van der Waals surface area contributed by atoms with E-state index in [1.54, 1.807) is 25.3 Å². The van der Waals surface area contributed by atoms with Crippen LogP contribution in [0.2, 0.25) is 5.02 Å². The Kier molecular flexibility index (Phi) is 8.37. The van der Waals surface area contributed by atoms with Crippen molar-refractivity contribution in [1.82, 2.24) is 4.37 Å². The average molecular weight is 525 g/mol. The fourth-order valence-electron chi connectivity index (χ4n) is 3.12. The molecule has 5 nitrogen and oxygen atoms in total. The van der Waals surface area contributed by atoms with Crippen molar-refractivity contribution in [2.24, 2.45) is 0 Å². The van der Waals surface area contributed by atoms with E-state index in [9.17, 15) is 8.42 Å². The molecule has 0 fully saturated rings. The number of unbranched alkanes of at least 4 members (excludes halogenated alkanes) is 1. The summed E-state index contributed by atoms with van der Waals surface area (Å²) in [5.41, 5.74) is 1.02. The van der Waals surface area contributed by atoms with E-state index < -0.39 is 10.0 Å². The molecule has 0 saturated carbocycles. The number of aryl methyl sites for hydroxylation is 1. The molecule has 0 amide bonds. The van der Waals surface area contributed by atoms with Gasteiger partial charge in [-0.25, -0.2) is 8.42 Å². The van der Waals surface area contributed by atoms with Crippen LogP contribution in [-0.4, -0.2) is 19.9 Å². The second kappa shape index (κ2) is 10.7. The highest BCUT2D eigenvalue weighted by molar-refractivity contribution is 7.99. The molecule has 33 heavy (non-hydrogen) atoms. The third kappa shape index (κ3) is 6.44. The molecule has 0 saturated heterocycles. The summed E-state index contributed by atoms with van der Waals surface area (Å²) >= 11 is 8.96. The molecule has 0 aliphatic rings. The van der Waals surface area contributed by atoms with Gasteiger partial charge in [-0.2, -0.15) is 4.37 Å². The number of hydrogen-bond donors (Lipinski definition) is 1. The van der Waals surface area contributed by atoms with E-state index in [2.05, 4.69) is 36.8 Å². The van der Waals surface area contributed by atoms with E-state index in [0.29, 0.717) is 16.6 Å². The van der Waals surface area contributed by atoms with Crippen LogP contribution in [0.1, 0.15) is 51.0 Å². The minimum Gasteiger partial charge on any atom is -0.495 e. The maximum absolute atomic E-state index is 13.1. The van der Waals surface area contributed by atoms with Crippen LogP contribution in [0.15, 0.2) is 57.2 Å². The second-order valence-corrected chi connectivity index (χ2v) is 12.7. The number of sulfonamides is 1. The van der Waals surface area contributed by atoms with Gasteiger partial charge in [0.1, 0.15) is 5.75 Å². The van der Waals surface area contributed by atoms with E-state index in [4.69, 9.17) is 16.3 Å². The van der Waals surface area contributed by atoms with Gasteiger partial charge in [-0.15, -0.1) is 0 Å². The number of rotatable bonds is 9. The Morgan fingerprint density at radius 2 is 1.85 bits per heavy atom. The molecule has 0 aliphatic carbocycles. The third-order valence-corrected chi connectivity index (χ3v) is 8.91. The van der Waals surface area contributed by atoms with Crippen LogP contribution in [0.25, 0.3) is 0 Å². The first kappa shape index (κ1) is 25.9. The molecule has 1 N–H and O–H groups in total. The van der Waals surface area contributed by atoms with Crippen LogP contribution in [0.5, 0.6) is 5.75 Å². The topological polar surface area (TPSA) is 68.3 Å². The quantitative estimate of drug-likeness (QED) is 0.316. The Morgan fingerprint density at radius 3 is 2.45 bits per heavy atom. The highest BCUT2D eigenvalue weighted by Gasteiger charge is 2.23. The first-order valence-electron chi connectivity index (χ1n) is 10.7. The fourth-order valence-corrected chi connectivity index (χ4v) is 6.45. The SMILES string of the molecule is CCCCc1snc(NS(=O)(=O)c2ccc(C(C)(C)C)cc2)c1Sc1ccc(Cl)c(OC)c1. The van der Waals surface area contributed by atoms with Crippen molar-refractivity contribution in [3.63, 3.8) is 0 Å². The molecule has 0 aliphatic heterocycles. The lowest BCUT2D eigenvalue weighted by atomic mass is 9.87. The van der Waals surface area contributed by atoms with Gasteiger partial charge in [-0.05, 0) is 65.7 Å². The zero-order valence-corrected chi connectivity index (χ0v) is 22.6. The first-order valence-corrected chi connectivity index (χ1v) is 14.1. The van der Waals surface area contributed by atoms with Crippen molar-refractivity contribution in [2.75, 3.05) is 11.8 Å². The Hall–Kier alpha value is -1.74. The van der Waals surface area contributed by atoms with Crippen LogP contribution in [0, 0.1) is 0 Å². The molecule has 3 rings (SSSR count). The Labute approximate surface area is 210 Å². The molecule has 9 heteroatoms. The van der Waals surface area contributed by atoms with Crippen LogP contribution in [0.4, 0.5) is 5.82 Å². The highest BCUT2D eigenvalue weighted by atomic mass is 35.5. The standard InChI is InChI=1S/C24H29ClN2O3S3/c1-6-7-8-21-22(31-17-11-14-19(25)20(15-17)30-5)23(26-32-21)27-33(28,29)18-12-9-16(10-13-18)24(2,3)4/h9-15H,6-8H2,1-5H3,(H,26,27).